The molecule has 1 aliphatic heterocycles. The van der Waals surface area contributed by atoms with Crippen molar-refractivity contribution in [1.29, 1.82) is 0 Å². The van der Waals surface area contributed by atoms with E-state index in [1.807, 2.05) is 85.8 Å². The Balaban J connectivity index is 1.93. The number of nitrogens with zero attached hydrogens (tertiary/aromatic N) is 1. The van der Waals surface area contributed by atoms with Crippen LogP contribution in [0.2, 0.25) is 0 Å². The quantitative estimate of drug-likeness (QED) is 0.471. The van der Waals surface area contributed by atoms with Gasteiger partial charge in [0.15, 0.2) is 5.78 Å². The SMILES string of the molecule is C=C/C=C\C(=C/C)CN1C/C(=C\c2ccccc2)C(=O)/C(=C/c2ccccc2)C1. The highest BCUT2D eigenvalue weighted by Crippen LogP contribution is 2.23. The minimum atomic E-state index is 0.137. The first-order valence-corrected chi connectivity index (χ1v) is 9.92. The van der Waals surface area contributed by atoms with Crippen molar-refractivity contribution in [3.05, 3.63) is 119 Å². The molecule has 1 fully saturated rings. The molecule has 0 bridgehead atoms. The van der Waals surface area contributed by atoms with Crippen LogP contribution in [0, 0.1) is 0 Å². The third-order valence-corrected chi connectivity index (χ3v) is 4.88. The van der Waals surface area contributed by atoms with E-state index in [4.69, 9.17) is 0 Å². The maximum atomic E-state index is 13.2. The highest BCUT2D eigenvalue weighted by atomic mass is 16.1. The molecule has 2 nitrogen and oxygen atoms in total. The van der Waals surface area contributed by atoms with Gasteiger partial charge in [0.1, 0.15) is 0 Å². The molecule has 0 aliphatic carbocycles. The standard InChI is InChI=1S/C27H27NO/c1-3-5-12-22(4-2)19-28-20-25(17-23-13-8-6-9-14-23)27(29)26(21-28)18-24-15-10-7-11-16-24/h3-18H,1,19-21H2,2H3/b12-5-,22-4+,25-17+,26-18+. The average Bonchev–Trinajstić information content (AvgIpc) is 2.75. The molecule has 1 saturated heterocycles. The minimum Gasteiger partial charge on any atom is -0.290 e. The van der Waals surface area contributed by atoms with E-state index in [0.29, 0.717) is 13.1 Å². The summed E-state index contributed by atoms with van der Waals surface area (Å²) < 4.78 is 0. The van der Waals surface area contributed by atoms with Crippen molar-refractivity contribution in [2.24, 2.45) is 0 Å². The Hall–Kier alpha value is -3.23. The Morgan fingerprint density at radius 3 is 1.90 bits per heavy atom. The maximum Gasteiger partial charge on any atom is 0.187 e. The summed E-state index contributed by atoms with van der Waals surface area (Å²) in [4.78, 5) is 15.5. The van der Waals surface area contributed by atoms with Gasteiger partial charge in [0.2, 0.25) is 0 Å². The largest absolute Gasteiger partial charge is 0.290 e. The van der Waals surface area contributed by atoms with Gasteiger partial charge in [0.25, 0.3) is 0 Å². The van der Waals surface area contributed by atoms with Crippen LogP contribution in [0.1, 0.15) is 18.1 Å². The van der Waals surface area contributed by atoms with Crippen LogP contribution in [0.25, 0.3) is 12.2 Å². The van der Waals surface area contributed by atoms with Crippen molar-refractivity contribution < 1.29 is 4.79 Å². The lowest BCUT2D eigenvalue weighted by Gasteiger charge is -2.30. The summed E-state index contributed by atoms with van der Waals surface area (Å²) in [6, 6.07) is 20.1. The van der Waals surface area contributed by atoms with E-state index in [0.717, 1.165) is 28.8 Å². The number of carbonyl (C=O) groups excluding carboxylic acids is 1. The van der Waals surface area contributed by atoms with Crippen LogP contribution < -0.4 is 0 Å². The molecule has 1 heterocycles. The fourth-order valence-electron chi connectivity index (χ4n) is 3.41. The Morgan fingerprint density at radius 1 is 0.931 bits per heavy atom. The molecule has 0 N–H and O–H groups in total. The Morgan fingerprint density at radius 2 is 1.45 bits per heavy atom. The molecule has 0 amide bonds. The van der Waals surface area contributed by atoms with E-state index in [2.05, 4.69) is 23.6 Å². The first-order valence-electron chi connectivity index (χ1n) is 9.92. The molecule has 0 radical (unpaired) electrons. The number of rotatable bonds is 6. The zero-order valence-electron chi connectivity index (χ0n) is 16.9. The average molecular weight is 382 g/mol. The first kappa shape index (κ1) is 20.5. The van der Waals surface area contributed by atoms with Gasteiger partial charge in [-0.05, 0) is 35.8 Å². The Bertz CT molecular complexity index is 901. The van der Waals surface area contributed by atoms with Crippen LogP contribution in [0.15, 0.2) is 108 Å². The third kappa shape index (κ3) is 5.87. The molecule has 146 valence electrons. The molecule has 0 unspecified atom stereocenters. The zero-order chi connectivity index (χ0) is 20.5. The molecule has 2 aromatic carbocycles. The van der Waals surface area contributed by atoms with Crippen molar-refractivity contribution in [1.82, 2.24) is 4.90 Å². The zero-order valence-corrected chi connectivity index (χ0v) is 16.9. The second-order valence-electron chi connectivity index (χ2n) is 7.09. The lowest BCUT2D eigenvalue weighted by molar-refractivity contribution is -0.113. The van der Waals surface area contributed by atoms with E-state index in [-0.39, 0.29) is 5.78 Å². The number of ketones is 1. The van der Waals surface area contributed by atoms with Crippen molar-refractivity contribution in [3.63, 3.8) is 0 Å². The molecule has 0 saturated carbocycles. The summed E-state index contributed by atoms with van der Waals surface area (Å²) in [6.45, 7) is 7.85. The van der Waals surface area contributed by atoms with Crippen molar-refractivity contribution >= 4 is 17.9 Å². The number of allylic oxidation sites excluding steroid dienone is 3. The molecule has 0 atom stereocenters. The molecular weight excluding hydrogens is 354 g/mol. The second-order valence-corrected chi connectivity index (χ2v) is 7.09. The number of benzene rings is 2. The predicted molar refractivity (Wildman–Crippen MR) is 123 cm³/mol. The summed E-state index contributed by atoms with van der Waals surface area (Å²) in [6.07, 6.45) is 11.9. The summed E-state index contributed by atoms with van der Waals surface area (Å²) in [5.74, 6) is 0.137. The topological polar surface area (TPSA) is 20.3 Å². The molecular formula is C27H27NO. The summed E-state index contributed by atoms with van der Waals surface area (Å²) in [7, 11) is 0. The van der Waals surface area contributed by atoms with Crippen LogP contribution in [0.3, 0.4) is 0 Å². The van der Waals surface area contributed by atoms with Gasteiger partial charge in [-0.2, -0.15) is 0 Å². The highest BCUT2D eigenvalue weighted by molar-refractivity contribution is 6.14. The molecule has 0 spiro atoms. The van der Waals surface area contributed by atoms with E-state index >= 15 is 0 Å². The number of carbonyl (C=O) groups is 1. The van der Waals surface area contributed by atoms with Crippen LogP contribution in [-0.4, -0.2) is 30.3 Å². The minimum absolute atomic E-state index is 0.137. The van der Waals surface area contributed by atoms with Crippen molar-refractivity contribution in [3.8, 4) is 0 Å². The normalized spacial score (nSPS) is 18.7. The Kier molecular flexibility index (Phi) is 7.32. The summed E-state index contributed by atoms with van der Waals surface area (Å²) in [5, 5.41) is 0. The van der Waals surface area contributed by atoms with Crippen LogP contribution in [0.5, 0.6) is 0 Å². The summed E-state index contributed by atoms with van der Waals surface area (Å²) >= 11 is 0. The van der Waals surface area contributed by atoms with Crippen LogP contribution in [0.4, 0.5) is 0 Å². The lowest BCUT2D eigenvalue weighted by Crippen LogP contribution is -2.38. The van der Waals surface area contributed by atoms with Crippen LogP contribution in [-0.2, 0) is 4.79 Å². The van der Waals surface area contributed by atoms with E-state index < -0.39 is 0 Å². The van der Waals surface area contributed by atoms with Gasteiger partial charge in [-0.15, -0.1) is 0 Å². The van der Waals surface area contributed by atoms with Gasteiger partial charge >= 0.3 is 0 Å². The number of Topliss-reactive ketones (excluding diaryl/α,β-unsaturated/α-hetero) is 1. The van der Waals surface area contributed by atoms with Crippen molar-refractivity contribution in [2.45, 2.75) is 6.92 Å². The number of hydrogen-bond donors (Lipinski definition) is 0. The smallest absolute Gasteiger partial charge is 0.187 e. The fourth-order valence-corrected chi connectivity index (χ4v) is 3.41. The molecule has 29 heavy (non-hydrogen) atoms. The van der Waals surface area contributed by atoms with E-state index in [9.17, 15) is 4.79 Å². The monoisotopic (exact) mass is 381 g/mol. The number of hydrogen-bond acceptors (Lipinski definition) is 2. The van der Waals surface area contributed by atoms with Gasteiger partial charge in [0.05, 0.1) is 0 Å². The van der Waals surface area contributed by atoms with Gasteiger partial charge in [-0.25, -0.2) is 0 Å². The molecule has 0 aromatic heterocycles. The van der Waals surface area contributed by atoms with Crippen molar-refractivity contribution in [2.75, 3.05) is 19.6 Å². The number of likely N-dealkylation sites (tertiary alicyclic amines) is 1. The highest BCUT2D eigenvalue weighted by Gasteiger charge is 2.26. The Labute approximate surface area is 173 Å². The van der Waals surface area contributed by atoms with Gasteiger partial charge < -0.3 is 0 Å². The molecule has 2 aromatic rings. The maximum absolute atomic E-state index is 13.2. The molecule has 2 heteroatoms. The molecule has 1 aliphatic rings. The predicted octanol–water partition coefficient (Wildman–Crippen LogP) is 5.73. The van der Waals surface area contributed by atoms with Gasteiger partial charge in [-0.3, -0.25) is 9.69 Å². The van der Waals surface area contributed by atoms with E-state index in [1.165, 1.54) is 5.57 Å². The van der Waals surface area contributed by atoms with Crippen LogP contribution >= 0.6 is 0 Å². The summed E-state index contributed by atoms with van der Waals surface area (Å²) in [5.41, 5.74) is 4.96. The fraction of sp³-hybridized carbons (Fsp3) is 0.148. The molecule has 3 rings (SSSR count). The number of piperidine rings is 1. The van der Waals surface area contributed by atoms with Gasteiger partial charge in [-0.1, -0.05) is 91.5 Å². The second kappa shape index (κ2) is 10.4. The first-order chi connectivity index (χ1) is 14.2. The lowest BCUT2D eigenvalue weighted by atomic mass is 9.94. The third-order valence-electron chi connectivity index (χ3n) is 4.88. The van der Waals surface area contributed by atoms with Gasteiger partial charge in [0, 0.05) is 30.8 Å². The van der Waals surface area contributed by atoms with E-state index in [1.54, 1.807) is 6.08 Å².